The zero-order chi connectivity index (χ0) is 8.27. The number of aliphatic hydroxyl groups is 1. The molecule has 1 heterocycles. The number of Topliss-reactive ketones (excluding diaryl/α,β-unsaturated/α-hetero) is 1. The lowest BCUT2D eigenvalue weighted by molar-refractivity contribution is -0.121. The molecule has 1 saturated heterocycles. The van der Waals surface area contributed by atoms with Crippen LogP contribution in [0.15, 0.2) is 0 Å². The Kier molecular flexibility index (Phi) is 3.02. The number of likely N-dealkylation sites (tertiary alicyclic amines) is 1. The van der Waals surface area contributed by atoms with Crippen molar-refractivity contribution in [3.63, 3.8) is 0 Å². The van der Waals surface area contributed by atoms with E-state index in [2.05, 4.69) is 4.90 Å². The topological polar surface area (TPSA) is 40.5 Å². The number of piperidine rings is 1. The lowest BCUT2D eigenvalue weighted by Crippen LogP contribution is -2.38. The van der Waals surface area contributed by atoms with Gasteiger partial charge >= 0.3 is 0 Å². The minimum Gasteiger partial charge on any atom is -0.392 e. The highest BCUT2D eigenvalue weighted by Gasteiger charge is 2.16. The first-order chi connectivity index (χ1) is 5.18. The number of ketones is 1. The molecule has 64 valence electrons. The molecule has 3 nitrogen and oxygen atoms in total. The van der Waals surface area contributed by atoms with Crippen LogP contribution >= 0.6 is 0 Å². The van der Waals surface area contributed by atoms with E-state index in [0.29, 0.717) is 25.2 Å². The maximum atomic E-state index is 10.8. The zero-order valence-electron chi connectivity index (χ0n) is 6.92. The minimum atomic E-state index is -0.275. The van der Waals surface area contributed by atoms with Crippen molar-refractivity contribution in [2.75, 3.05) is 19.6 Å². The summed E-state index contributed by atoms with van der Waals surface area (Å²) in [6, 6.07) is 0. The van der Waals surface area contributed by atoms with Gasteiger partial charge in [-0.1, -0.05) is 0 Å². The average molecular weight is 157 g/mol. The molecule has 1 unspecified atom stereocenters. The van der Waals surface area contributed by atoms with Gasteiger partial charge in [0.1, 0.15) is 5.78 Å². The molecule has 0 aliphatic carbocycles. The van der Waals surface area contributed by atoms with Crippen molar-refractivity contribution < 1.29 is 9.90 Å². The molecule has 1 fully saturated rings. The third-order valence-corrected chi connectivity index (χ3v) is 1.94. The number of carbonyl (C=O) groups is 1. The fraction of sp³-hybridized carbons (Fsp3) is 0.875. The molecule has 1 rings (SSSR count). The number of hydrogen-bond acceptors (Lipinski definition) is 3. The van der Waals surface area contributed by atoms with Crippen LogP contribution in [0.25, 0.3) is 0 Å². The van der Waals surface area contributed by atoms with Crippen molar-refractivity contribution in [1.29, 1.82) is 0 Å². The third-order valence-electron chi connectivity index (χ3n) is 1.94. The molecule has 0 aromatic rings. The van der Waals surface area contributed by atoms with Crippen LogP contribution in [0, 0.1) is 0 Å². The Bertz CT molecular complexity index is 135. The Morgan fingerprint density at radius 1 is 1.55 bits per heavy atom. The number of carbonyl (C=O) groups excluding carboxylic acids is 1. The third kappa shape index (κ3) is 2.99. The molecule has 0 aromatic carbocycles. The van der Waals surface area contributed by atoms with E-state index in [1.807, 2.05) is 0 Å². The van der Waals surface area contributed by atoms with Gasteiger partial charge in [-0.2, -0.15) is 0 Å². The van der Waals surface area contributed by atoms with Crippen LogP contribution in [0.3, 0.4) is 0 Å². The van der Waals surface area contributed by atoms with E-state index in [1.165, 1.54) is 0 Å². The van der Waals surface area contributed by atoms with Crippen molar-refractivity contribution in [2.45, 2.75) is 25.9 Å². The van der Waals surface area contributed by atoms with E-state index in [9.17, 15) is 4.79 Å². The van der Waals surface area contributed by atoms with Crippen LogP contribution in [-0.2, 0) is 4.79 Å². The minimum absolute atomic E-state index is 0.275. The number of nitrogens with zero attached hydrogens (tertiary/aromatic N) is 1. The van der Waals surface area contributed by atoms with E-state index in [1.54, 1.807) is 6.92 Å². The lowest BCUT2D eigenvalue weighted by Gasteiger charge is -2.26. The van der Waals surface area contributed by atoms with Gasteiger partial charge in [0.25, 0.3) is 0 Å². The van der Waals surface area contributed by atoms with Gasteiger partial charge in [0.15, 0.2) is 0 Å². The summed E-state index contributed by atoms with van der Waals surface area (Å²) in [5, 5.41) is 9.04. The van der Waals surface area contributed by atoms with Crippen molar-refractivity contribution in [3.8, 4) is 0 Å². The highest BCUT2D eigenvalue weighted by molar-refractivity contribution is 5.79. The molecule has 0 radical (unpaired) electrons. The average Bonchev–Trinajstić information content (AvgIpc) is 1.93. The molecule has 0 amide bonds. The molecule has 1 atom stereocenters. The second-order valence-corrected chi connectivity index (χ2v) is 3.19. The first kappa shape index (κ1) is 8.68. The van der Waals surface area contributed by atoms with E-state index in [-0.39, 0.29) is 6.10 Å². The summed E-state index contributed by atoms with van der Waals surface area (Å²) in [6.45, 7) is 4.12. The normalized spacial score (nSPS) is 23.6. The summed E-state index contributed by atoms with van der Waals surface area (Å²) >= 11 is 0. The van der Waals surface area contributed by atoms with Gasteiger partial charge in [-0.25, -0.2) is 0 Å². The second-order valence-electron chi connectivity index (χ2n) is 3.19. The number of rotatable bonds is 2. The summed E-state index contributed by atoms with van der Waals surface area (Å²) < 4.78 is 0. The van der Waals surface area contributed by atoms with Crippen LogP contribution in [0.2, 0.25) is 0 Å². The van der Waals surface area contributed by atoms with Crippen molar-refractivity contribution in [1.82, 2.24) is 4.90 Å². The molecular formula is C8H15NO2. The van der Waals surface area contributed by atoms with Gasteiger partial charge in [0.2, 0.25) is 0 Å². The van der Waals surface area contributed by atoms with Crippen molar-refractivity contribution in [3.05, 3.63) is 0 Å². The standard InChI is InChI=1S/C8H15NO2/c1-7(10)6-9-4-2-8(11)3-5-9/h7,10H,2-6H2,1H3. The number of hydrogen-bond donors (Lipinski definition) is 1. The van der Waals surface area contributed by atoms with Gasteiger partial charge in [-0.15, -0.1) is 0 Å². The first-order valence-electron chi connectivity index (χ1n) is 4.10. The maximum absolute atomic E-state index is 10.8. The Morgan fingerprint density at radius 3 is 2.55 bits per heavy atom. The summed E-state index contributed by atoms with van der Waals surface area (Å²) in [5.74, 6) is 0.354. The Hall–Kier alpha value is -0.410. The number of β-amino-alcohol motifs (C(OH)–C–C–N with tert-alkyl or cyclic N) is 1. The summed E-state index contributed by atoms with van der Waals surface area (Å²) in [5.41, 5.74) is 0. The molecule has 3 heteroatoms. The SMILES string of the molecule is CC(O)CN1CCC(=O)CC1. The predicted octanol–water partition coefficient (Wildman–Crippen LogP) is 0.0321. The van der Waals surface area contributed by atoms with Gasteiger partial charge < -0.3 is 5.11 Å². The van der Waals surface area contributed by atoms with Crippen LogP contribution in [0.5, 0.6) is 0 Å². The second kappa shape index (κ2) is 3.83. The van der Waals surface area contributed by atoms with Gasteiger partial charge in [0.05, 0.1) is 6.10 Å². The molecule has 0 aromatic heterocycles. The highest BCUT2D eigenvalue weighted by atomic mass is 16.3. The highest BCUT2D eigenvalue weighted by Crippen LogP contribution is 2.05. The largest absolute Gasteiger partial charge is 0.392 e. The fourth-order valence-electron chi connectivity index (χ4n) is 1.36. The summed E-state index contributed by atoms with van der Waals surface area (Å²) in [7, 11) is 0. The Morgan fingerprint density at radius 2 is 2.09 bits per heavy atom. The fourth-order valence-corrected chi connectivity index (χ4v) is 1.36. The molecule has 11 heavy (non-hydrogen) atoms. The van der Waals surface area contributed by atoms with Crippen LogP contribution < -0.4 is 0 Å². The van der Waals surface area contributed by atoms with E-state index in [0.717, 1.165) is 13.1 Å². The molecule has 0 spiro atoms. The van der Waals surface area contributed by atoms with E-state index >= 15 is 0 Å². The van der Waals surface area contributed by atoms with Gasteiger partial charge in [-0.05, 0) is 6.92 Å². The van der Waals surface area contributed by atoms with E-state index in [4.69, 9.17) is 5.11 Å². The quantitative estimate of drug-likeness (QED) is 0.615. The number of aliphatic hydroxyl groups excluding tert-OH is 1. The molecular weight excluding hydrogens is 142 g/mol. The first-order valence-corrected chi connectivity index (χ1v) is 4.10. The lowest BCUT2D eigenvalue weighted by atomic mass is 10.1. The maximum Gasteiger partial charge on any atom is 0.135 e. The van der Waals surface area contributed by atoms with Crippen LogP contribution in [0.4, 0.5) is 0 Å². The molecule has 1 N–H and O–H groups in total. The van der Waals surface area contributed by atoms with Crippen molar-refractivity contribution >= 4 is 5.78 Å². The predicted molar refractivity (Wildman–Crippen MR) is 42.4 cm³/mol. The Labute approximate surface area is 67.0 Å². The zero-order valence-corrected chi connectivity index (χ0v) is 6.92. The Balaban J connectivity index is 2.22. The molecule has 0 saturated carbocycles. The summed E-state index contributed by atoms with van der Waals surface area (Å²) in [4.78, 5) is 12.9. The van der Waals surface area contributed by atoms with Crippen LogP contribution in [0.1, 0.15) is 19.8 Å². The van der Waals surface area contributed by atoms with E-state index < -0.39 is 0 Å². The van der Waals surface area contributed by atoms with Gasteiger partial charge in [-0.3, -0.25) is 9.69 Å². The summed E-state index contributed by atoms with van der Waals surface area (Å²) in [6.07, 6.45) is 1.04. The molecule has 1 aliphatic rings. The van der Waals surface area contributed by atoms with Crippen molar-refractivity contribution in [2.24, 2.45) is 0 Å². The van der Waals surface area contributed by atoms with Gasteiger partial charge in [0, 0.05) is 32.5 Å². The smallest absolute Gasteiger partial charge is 0.135 e. The monoisotopic (exact) mass is 157 g/mol. The van der Waals surface area contributed by atoms with Crippen LogP contribution in [-0.4, -0.2) is 41.5 Å². The molecule has 0 bridgehead atoms. The molecule has 1 aliphatic heterocycles.